The molecule has 5 nitrogen and oxygen atoms in total. The third kappa shape index (κ3) is 3.07. The van der Waals surface area contributed by atoms with Crippen LogP contribution in [0.5, 0.6) is 0 Å². The molecule has 0 saturated carbocycles. The summed E-state index contributed by atoms with van der Waals surface area (Å²) in [5.74, 6) is -1.29. The van der Waals surface area contributed by atoms with E-state index >= 15 is 0 Å². The summed E-state index contributed by atoms with van der Waals surface area (Å²) in [6.45, 7) is 11.3. The van der Waals surface area contributed by atoms with E-state index in [1.54, 1.807) is 6.08 Å². The van der Waals surface area contributed by atoms with Crippen LogP contribution < -0.4 is 4.90 Å². The van der Waals surface area contributed by atoms with Crippen LogP contribution in [0.15, 0.2) is 48.3 Å². The lowest BCUT2D eigenvalue weighted by atomic mass is 9.96. The van der Waals surface area contributed by atoms with Gasteiger partial charge in [0, 0.05) is 25.3 Å². The quantitative estimate of drug-likeness (QED) is 0.782. The minimum atomic E-state index is -0.571. The zero-order valence-corrected chi connectivity index (χ0v) is 14.5. The third-order valence-corrected chi connectivity index (χ3v) is 4.35. The molecule has 0 aromatic heterocycles. The summed E-state index contributed by atoms with van der Waals surface area (Å²) in [6.07, 6.45) is 1.59. The first kappa shape index (κ1) is 17.8. The van der Waals surface area contributed by atoms with Crippen molar-refractivity contribution in [1.29, 1.82) is 0 Å². The molecule has 5 heteroatoms. The van der Waals surface area contributed by atoms with Crippen molar-refractivity contribution in [3.8, 4) is 0 Å². The molecule has 0 saturated heterocycles. The smallest absolute Gasteiger partial charge is 0.290 e. The average Bonchev–Trinajstić information content (AvgIpc) is 2.82. The van der Waals surface area contributed by atoms with Gasteiger partial charge in [0.1, 0.15) is 0 Å². The maximum atomic E-state index is 12.3. The Hall–Kier alpha value is -2.56. The van der Waals surface area contributed by atoms with Gasteiger partial charge in [0.15, 0.2) is 11.5 Å². The van der Waals surface area contributed by atoms with Crippen LogP contribution in [0.2, 0.25) is 0 Å². The third-order valence-electron chi connectivity index (χ3n) is 4.35. The molecule has 1 N–H and O–H groups in total. The fourth-order valence-corrected chi connectivity index (χ4v) is 3.14. The summed E-state index contributed by atoms with van der Waals surface area (Å²) in [6, 6.07) is 7.20. The number of nitrogens with zero attached hydrogens (tertiary/aromatic N) is 2. The molecule has 0 radical (unpaired) electrons. The Morgan fingerprint density at radius 1 is 1.29 bits per heavy atom. The molecule has 24 heavy (non-hydrogen) atoms. The maximum Gasteiger partial charge on any atom is 0.290 e. The molecular weight excluding hydrogens is 304 g/mol. The molecule has 1 unspecified atom stereocenters. The second-order valence-corrected chi connectivity index (χ2v) is 5.73. The van der Waals surface area contributed by atoms with Crippen molar-refractivity contribution in [2.24, 2.45) is 0 Å². The standard InChI is InChI=1S/C19H24N2O3/c1-5-12-21-17(16(13(4)22)18(23)19(21)24)14-8-10-15(11-9-14)20(6-2)7-3/h5,8-11,17,23H,1,6-7,12H2,2-4H3. The van der Waals surface area contributed by atoms with Crippen LogP contribution in [0.3, 0.4) is 0 Å². The summed E-state index contributed by atoms with van der Waals surface area (Å²) < 4.78 is 0. The summed E-state index contributed by atoms with van der Waals surface area (Å²) in [4.78, 5) is 27.9. The van der Waals surface area contributed by atoms with Crippen LogP contribution in [0, 0.1) is 0 Å². The number of ketones is 1. The van der Waals surface area contributed by atoms with Gasteiger partial charge in [-0.25, -0.2) is 0 Å². The first-order valence-electron chi connectivity index (χ1n) is 8.17. The Kier molecular flexibility index (Phi) is 5.44. The number of Topliss-reactive ketones (excluding diaryl/α,β-unsaturated/α-hetero) is 1. The molecular formula is C19H24N2O3. The molecule has 128 valence electrons. The highest BCUT2D eigenvalue weighted by atomic mass is 16.3. The zero-order valence-electron chi connectivity index (χ0n) is 14.5. The van der Waals surface area contributed by atoms with Crippen molar-refractivity contribution in [1.82, 2.24) is 4.90 Å². The predicted molar refractivity (Wildman–Crippen MR) is 95.0 cm³/mol. The maximum absolute atomic E-state index is 12.3. The Labute approximate surface area is 142 Å². The van der Waals surface area contributed by atoms with E-state index in [9.17, 15) is 14.7 Å². The fourth-order valence-electron chi connectivity index (χ4n) is 3.14. The second-order valence-electron chi connectivity index (χ2n) is 5.73. The lowest BCUT2D eigenvalue weighted by Crippen LogP contribution is -2.31. The SMILES string of the molecule is C=CCN1C(=O)C(O)=C(C(C)=O)C1c1ccc(N(CC)CC)cc1. The first-order valence-corrected chi connectivity index (χ1v) is 8.17. The fraction of sp³-hybridized carbons (Fsp3) is 0.368. The number of anilines is 1. The number of rotatable bonds is 7. The van der Waals surface area contributed by atoms with Crippen molar-refractivity contribution in [3.05, 3.63) is 53.8 Å². The van der Waals surface area contributed by atoms with E-state index in [0.717, 1.165) is 24.3 Å². The van der Waals surface area contributed by atoms with E-state index in [0.29, 0.717) is 0 Å². The first-order chi connectivity index (χ1) is 11.5. The van der Waals surface area contributed by atoms with Crippen LogP contribution in [0.25, 0.3) is 0 Å². The highest BCUT2D eigenvalue weighted by molar-refractivity contribution is 6.08. The minimum absolute atomic E-state index is 0.150. The Bertz CT molecular complexity index is 672. The van der Waals surface area contributed by atoms with Gasteiger partial charge in [-0.3, -0.25) is 9.59 Å². The monoisotopic (exact) mass is 328 g/mol. The lowest BCUT2D eigenvalue weighted by molar-refractivity contribution is -0.128. The molecule has 1 atom stereocenters. The van der Waals surface area contributed by atoms with Gasteiger partial charge in [0.25, 0.3) is 5.91 Å². The normalized spacial score (nSPS) is 17.4. The van der Waals surface area contributed by atoms with E-state index in [1.807, 2.05) is 24.3 Å². The van der Waals surface area contributed by atoms with Crippen molar-refractivity contribution in [2.45, 2.75) is 26.8 Å². The number of amides is 1. The van der Waals surface area contributed by atoms with Gasteiger partial charge < -0.3 is 14.9 Å². The molecule has 0 spiro atoms. The van der Waals surface area contributed by atoms with Crippen molar-refractivity contribution in [3.63, 3.8) is 0 Å². The molecule has 1 amide bonds. The molecule has 0 bridgehead atoms. The average molecular weight is 328 g/mol. The van der Waals surface area contributed by atoms with E-state index in [1.165, 1.54) is 11.8 Å². The topological polar surface area (TPSA) is 60.9 Å². The number of hydrogen-bond acceptors (Lipinski definition) is 4. The highest BCUT2D eigenvalue weighted by Crippen LogP contribution is 2.38. The number of benzene rings is 1. The summed E-state index contributed by atoms with van der Waals surface area (Å²) in [7, 11) is 0. The molecule has 2 rings (SSSR count). The van der Waals surface area contributed by atoms with Crippen LogP contribution in [0.4, 0.5) is 5.69 Å². The van der Waals surface area contributed by atoms with E-state index < -0.39 is 17.7 Å². The molecule has 1 aromatic carbocycles. The van der Waals surface area contributed by atoms with Gasteiger partial charge in [-0.2, -0.15) is 0 Å². The van der Waals surface area contributed by atoms with Gasteiger partial charge in [0.05, 0.1) is 11.6 Å². The van der Waals surface area contributed by atoms with Crippen molar-refractivity contribution >= 4 is 17.4 Å². The molecule has 1 aromatic rings. The van der Waals surface area contributed by atoms with Crippen LogP contribution in [0.1, 0.15) is 32.4 Å². The van der Waals surface area contributed by atoms with Crippen molar-refractivity contribution < 1.29 is 14.7 Å². The summed E-state index contributed by atoms with van der Waals surface area (Å²) in [5, 5.41) is 10.1. The Morgan fingerprint density at radius 3 is 2.33 bits per heavy atom. The molecule has 1 aliphatic rings. The molecule has 1 aliphatic heterocycles. The lowest BCUT2D eigenvalue weighted by Gasteiger charge is -2.26. The van der Waals surface area contributed by atoms with Crippen LogP contribution in [-0.2, 0) is 9.59 Å². The summed E-state index contributed by atoms with van der Waals surface area (Å²) >= 11 is 0. The highest BCUT2D eigenvalue weighted by Gasteiger charge is 2.41. The van der Waals surface area contributed by atoms with Gasteiger partial charge in [-0.05, 0) is 38.5 Å². The number of carbonyl (C=O) groups is 2. The molecule has 0 fully saturated rings. The second kappa shape index (κ2) is 7.34. The zero-order chi connectivity index (χ0) is 17.9. The summed E-state index contributed by atoms with van der Waals surface area (Å²) in [5.41, 5.74) is 2.04. The Balaban J connectivity index is 2.44. The van der Waals surface area contributed by atoms with Gasteiger partial charge in [-0.1, -0.05) is 18.2 Å². The Morgan fingerprint density at radius 2 is 1.88 bits per heavy atom. The number of hydrogen-bond donors (Lipinski definition) is 1. The van der Waals surface area contributed by atoms with Gasteiger partial charge >= 0.3 is 0 Å². The number of carbonyl (C=O) groups excluding carboxylic acids is 2. The largest absolute Gasteiger partial charge is 0.503 e. The van der Waals surface area contributed by atoms with E-state index in [-0.39, 0.29) is 17.9 Å². The predicted octanol–water partition coefficient (Wildman–Crippen LogP) is 3.00. The van der Waals surface area contributed by atoms with Crippen LogP contribution in [-0.4, -0.2) is 41.3 Å². The van der Waals surface area contributed by atoms with Gasteiger partial charge in [0.2, 0.25) is 0 Å². The minimum Gasteiger partial charge on any atom is -0.503 e. The number of aliphatic hydroxyl groups excluding tert-OH is 1. The van der Waals surface area contributed by atoms with Crippen molar-refractivity contribution in [2.75, 3.05) is 24.5 Å². The molecule has 0 aliphatic carbocycles. The van der Waals surface area contributed by atoms with E-state index in [4.69, 9.17) is 0 Å². The van der Waals surface area contributed by atoms with Crippen LogP contribution >= 0.6 is 0 Å². The molecule has 1 heterocycles. The number of aliphatic hydroxyl groups is 1. The van der Waals surface area contributed by atoms with Gasteiger partial charge in [-0.15, -0.1) is 6.58 Å². The van der Waals surface area contributed by atoms with E-state index in [2.05, 4.69) is 25.3 Å².